The van der Waals surface area contributed by atoms with Gasteiger partial charge in [-0.3, -0.25) is 4.98 Å². The van der Waals surface area contributed by atoms with Crippen LogP contribution in [0.2, 0.25) is 0 Å². The van der Waals surface area contributed by atoms with Gasteiger partial charge in [0.1, 0.15) is 5.75 Å². The Labute approximate surface area is 116 Å². The van der Waals surface area contributed by atoms with E-state index in [4.69, 9.17) is 9.15 Å². The standard InChI is InChI=1S/C16H15NO3/c1-10(11-3-6-13(19-2)7-4-11)12-5-8-14-15(9-12)20-16(18)17-14/h3-10H,1-2H3,(H,17,18). The van der Waals surface area contributed by atoms with Gasteiger partial charge in [0.2, 0.25) is 0 Å². The molecule has 1 atom stereocenters. The van der Waals surface area contributed by atoms with Crippen molar-refractivity contribution < 1.29 is 9.15 Å². The van der Waals surface area contributed by atoms with Gasteiger partial charge < -0.3 is 9.15 Å². The molecule has 2 aromatic carbocycles. The van der Waals surface area contributed by atoms with Crippen molar-refractivity contribution in [1.29, 1.82) is 0 Å². The fourth-order valence-electron chi connectivity index (χ4n) is 2.32. The van der Waals surface area contributed by atoms with Crippen molar-refractivity contribution in [2.45, 2.75) is 12.8 Å². The molecule has 0 aliphatic carbocycles. The highest BCUT2D eigenvalue weighted by Crippen LogP contribution is 2.27. The number of methoxy groups -OCH3 is 1. The summed E-state index contributed by atoms with van der Waals surface area (Å²) in [6, 6.07) is 13.8. The molecule has 0 bridgehead atoms. The SMILES string of the molecule is COc1ccc(C(C)c2ccc3[nH]c(=O)oc3c2)cc1. The molecule has 1 unspecified atom stereocenters. The molecule has 1 heterocycles. The molecular weight excluding hydrogens is 254 g/mol. The van der Waals surface area contributed by atoms with E-state index in [1.54, 1.807) is 7.11 Å². The van der Waals surface area contributed by atoms with E-state index in [9.17, 15) is 4.79 Å². The first-order valence-corrected chi connectivity index (χ1v) is 6.44. The van der Waals surface area contributed by atoms with Crippen molar-refractivity contribution in [1.82, 2.24) is 4.98 Å². The van der Waals surface area contributed by atoms with Crippen LogP contribution in [0, 0.1) is 0 Å². The summed E-state index contributed by atoms with van der Waals surface area (Å²) in [6.07, 6.45) is 0. The summed E-state index contributed by atoms with van der Waals surface area (Å²) < 4.78 is 10.3. The predicted molar refractivity (Wildman–Crippen MR) is 77.3 cm³/mol. The van der Waals surface area contributed by atoms with Crippen molar-refractivity contribution in [3.63, 3.8) is 0 Å². The molecule has 0 amide bonds. The number of H-pyrrole nitrogens is 1. The van der Waals surface area contributed by atoms with Crippen LogP contribution in [-0.4, -0.2) is 12.1 Å². The molecule has 0 spiro atoms. The van der Waals surface area contributed by atoms with Crippen molar-refractivity contribution in [2.24, 2.45) is 0 Å². The number of fused-ring (bicyclic) bond motifs is 1. The van der Waals surface area contributed by atoms with E-state index in [0.717, 1.165) is 16.8 Å². The highest BCUT2D eigenvalue weighted by Gasteiger charge is 2.11. The molecule has 20 heavy (non-hydrogen) atoms. The van der Waals surface area contributed by atoms with Gasteiger partial charge in [0.15, 0.2) is 5.58 Å². The number of benzene rings is 2. The van der Waals surface area contributed by atoms with Gasteiger partial charge in [-0.2, -0.15) is 0 Å². The molecule has 4 heteroatoms. The van der Waals surface area contributed by atoms with Crippen LogP contribution in [-0.2, 0) is 0 Å². The van der Waals surface area contributed by atoms with E-state index in [0.29, 0.717) is 5.58 Å². The van der Waals surface area contributed by atoms with Gasteiger partial charge in [0, 0.05) is 5.92 Å². The second kappa shape index (κ2) is 4.89. The van der Waals surface area contributed by atoms with Crippen LogP contribution in [0.15, 0.2) is 51.7 Å². The minimum atomic E-state index is -0.422. The number of nitrogens with one attached hydrogen (secondary N) is 1. The second-order valence-electron chi connectivity index (χ2n) is 4.76. The van der Waals surface area contributed by atoms with Crippen LogP contribution in [0.3, 0.4) is 0 Å². The number of hydrogen-bond donors (Lipinski definition) is 1. The lowest BCUT2D eigenvalue weighted by molar-refractivity contribution is 0.414. The van der Waals surface area contributed by atoms with Crippen LogP contribution in [0.25, 0.3) is 11.1 Å². The first-order chi connectivity index (χ1) is 9.67. The highest BCUT2D eigenvalue weighted by molar-refractivity contribution is 5.73. The first kappa shape index (κ1) is 12.5. The first-order valence-electron chi connectivity index (χ1n) is 6.44. The van der Waals surface area contributed by atoms with Gasteiger partial charge >= 0.3 is 5.76 Å². The number of aromatic nitrogens is 1. The number of oxazole rings is 1. The largest absolute Gasteiger partial charge is 0.497 e. The minimum Gasteiger partial charge on any atom is -0.497 e. The predicted octanol–water partition coefficient (Wildman–Crippen LogP) is 3.28. The van der Waals surface area contributed by atoms with Gasteiger partial charge in [0.25, 0.3) is 0 Å². The van der Waals surface area contributed by atoms with Gasteiger partial charge in [0.05, 0.1) is 12.6 Å². The third kappa shape index (κ3) is 2.20. The number of hydrogen-bond acceptors (Lipinski definition) is 3. The maximum Gasteiger partial charge on any atom is 0.417 e. The summed E-state index contributed by atoms with van der Waals surface area (Å²) in [7, 11) is 1.65. The molecule has 0 aliphatic heterocycles. The summed E-state index contributed by atoms with van der Waals surface area (Å²) >= 11 is 0. The fourth-order valence-corrected chi connectivity index (χ4v) is 2.32. The third-order valence-electron chi connectivity index (χ3n) is 3.56. The van der Waals surface area contributed by atoms with E-state index in [1.165, 1.54) is 5.56 Å². The average Bonchev–Trinajstić information content (AvgIpc) is 2.85. The summed E-state index contributed by atoms with van der Waals surface area (Å²) in [5, 5.41) is 0. The van der Waals surface area contributed by atoms with Crippen LogP contribution in [0.5, 0.6) is 5.75 Å². The lowest BCUT2D eigenvalue weighted by Gasteiger charge is -2.12. The van der Waals surface area contributed by atoms with E-state index in [2.05, 4.69) is 11.9 Å². The fraction of sp³-hybridized carbons (Fsp3) is 0.188. The second-order valence-corrected chi connectivity index (χ2v) is 4.76. The van der Waals surface area contributed by atoms with E-state index in [1.807, 2.05) is 42.5 Å². The van der Waals surface area contributed by atoms with Crippen LogP contribution >= 0.6 is 0 Å². The molecule has 0 fully saturated rings. The topological polar surface area (TPSA) is 55.2 Å². The monoisotopic (exact) mass is 269 g/mol. The smallest absolute Gasteiger partial charge is 0.417 e. The Morgan fingerprint density at radius 2 is 1.80 bits per heavy atom. The number of aromatic amines is 1. The van der Waals surface area contributed by atoms with Crippen molar-refractivity contribution >= 4 is 11.1 Å². The normalized spacial score (nSPS) is 12.5. The molecule has 3 aromatic rings. The van der Waals surface area contributed by atoms with E-state index in [-0.39, 0.29) is 5.92 Å². The zero-order valence-electron chi connectivity index (χ0n) is 11.3. The molecule has 0 saturated heterocycles. The molecule has 1 aromatic heterocycles. The zero-order chi connectivity index (χ0) is 14.1. The molecule has 0 radical (unpaired) electrons. The molecule has 1 N–H and O–H groups in total. The summed E-state index contributed by atoms with van der Waals surface area (Å²) in [6.45, 7) is 2.12. The Balaban J connectivity index is 1.97. The number of ether oxygens (including phenoxy) is 1. The molecule has 3 rings (SSSR count). The summed E-state index contributed by atoms with van der Waals surface area (Å²) in [5.41, 5.74) is 3.60. The summed E-state index contributed by atoms with van der Waals surface area (Å²) in [4.78, 5) is 13.8. The third-order valence-corrected chi connectivity index (χ3v) is 3.56. The van der Waals surface area contributed by atoms with Gasteiger partial charge in [-0.15, -0.1) is 0 Å². The van der Waals surface area contributed by atoms with Gasteiger partial charge in [-0.1, -0.05) is 25.1 Å². The van der Waals surface area contributed by atoms with Gasteiger partial charge in [-0.05, 0) is 35.4 Å². The summed E-state index contributed by atoms with van der Waals surface area (Å²) in [5.74, 6) is 0.632. The maximum atomic E-state index is 11.2. The Bertz CT molecular complexity index is 783. The lowest BCUT2D eigenvalue weighted by Crippen LogP contribution is -1.96. The Morgan fingerprint density at radius 3 is 2.50 bits per heavy atom. The lowest BCUT2D eigenvalue weighted by atomic mass is 9.93. The van der Waals surface area contributed by atoms with Crippen molar-refractivity contribution in [2.75, 3.05) is 7.11 Å². The zero-order valence-corrected chi connectivity index (χ0v) is 11.3. The molecular formula is C16H15NO3. The molecule has 0 aliphatic rings. The highest BCUT2D eigenvalue weighted by atomic mass is 16.5. The Kier molecular flexibility index (Phi) is 3.06. The van der Waals surface area contributed by atoms with E-state index < -0.39 is 5.76 Å². The molecule has 102 valence electrons. The molecule has 0 saturated carbocycles. The van der Waals surface area contributed by atoms with Crippen molar-refractivity contribution in [3.05, 3.63) is 64.1 Å². The molecule has 4 nitrogen and oxygen atoms in total. The van der Waals surface area contributed by atoms with Gasteiger partial charge in [-0.25, -0.2) is 4.79 Å². The maximum absolute atomic E-state index is 11.2. The van der Waals surface area contributed by atoms with Crippen LogP contribution in [0.1, 0.15) is 24.0 Å². The quantitative estimate of drug-likeness (QED) is 0.793. The van der Waals surface area contributed by atoms with Crippen molar-refractivity contribution in [3.8, 4) is 5.75 Å². The minimum absolute atomic E-state index is 0.213. The van der Waals surface area contributed by atoms with Crippen LogP contribution < -0.4 is 10.5 Å². The average molecular weight is 269 g/mol. The van der Waals surface area contributed by atoms with E-state index >= 15 is 0 Å². The Hall–Kier alpha value is -2.49. The Morgan fingerprint density at radius 1 is 1.10 bits per heavy atom. The van der Waals surface area contributed by atoms with Crippen LogP contribution in [0.4, 0.5) is 0 Å². The number of rotatable bonds is 3.